The third kappa shape index (κ3) is 2.54. The van der Waals surface area contributed by atoms with Crippen LogP contribution in [0.2, 0.25) is 0 Å². The maximum atomic E-state index is 13.3. The third-order valence-electron chi connectivity index (χ3n) is 5.77. The van der Waals surface area contributed by atoms with Crippen molar-refractivity contribution in [2.24, 2.45) is 11.8 Å². The van der Waals surface area contributed by atoms with E-state index in [9.17, 15) is 9.59 Å². The lowest BCUT2D eigenvalue weighted by Crippen LogP contribution is -2.50. The van der Waals surface area contributed by atoms with Gasteiger partial charge in [-0.05, 0) is 30.7 Å². The maximum Gasteiger partial charge on any atom is 0.240 e. The Balaban J connectivity index is 1.69. The number of hydrogen-bond acceptors (Lipinski definition) is 3. The molecule has 2 bridgehead atoms. The molecular formula is C19H15Cl6NO3. The van der Waals surface area contributed by atoms with Crippen LogP contribution in [0.3, 0.4) is 0 Å². The molecule has 0 aromatic heterocycles. The second kappa shape index (κ2) is 7.08. The molecule has 10 heteroatoms. The van der Waals surface area contributed by atoms with Crippen molar-refractivity contribution in [3.8, 4) is 5.75 Å². The first kappa shape index (κ1) is 21.9. The molecule has 0 spiro atoms. The van der Waals surface area contributed by atoms with Gasteiger partial charge >= 0.3 is 0 Å². The second-order valence-electron chi connectivity index (χ2n) is 7.29. The van der Waals surface area contributed by atoms with Gasteiger partial charge in [-0.2, -0.15) is 0 Å². The molecular weight excluding hydrogens is 503 g/mol. The standard InChI is InChI=1S/C19H15Cl6NO3/c1-2-3-8-29-10-6-4-9(5-7-10)26-15(27)11-12(16(26)28)18(23)14(21)13(20)17(11,22)19(18,24)25/h4-7,11-12H,2-3,8H2,1H3/t11-,12+,17-,18-/m0/s1. The van der Waals surface area contributed by atoms with Gasteiger partial charge in [0.05, 0.1) is 34.2 Å². The Morgan fingerprint density at radius 1 is 0.931 bits per heavy atom. The van der Waals surface area contributed by atoms with Crippen LogP contribution in [0.5, 0.6) is 5.75 Å². The van der Waals surface area contributed by atoms with Crippen molar-refractivity contribution >= 4 is 87.1 Å². The fourth-order valence-corrected chi connectivity index (χ4v) is 7.20. The van der Waals surface area contributed by atoms with E-state index in [0.717, 1.165) is 17.7 Å². The normalized spacial score (nSPS) is 34.9. The highest BCUT2D eigenvalue weighted by atomic mass is 35.5. The Morgan fingerprint density at radius 2 is 1.41 bits per heavy atom. The monoisotopic (exact) mass is 515 g/mol. The Hall–Kier alpha value is -0.360. The number of hydrogen-bond donors (Lipinski definition) is 0. The fraction of sp³-hybridized carbons (Fsp3) is 0.474. The maximum absolute atomic E-state index is 13.3. The number of allylic oxidation sites excluding steroid dienone is 2. The number of fused-ring (bicyclic) bond motifs is 5. The molecule has 1 saturated heterocycles. The number of carbonyl (C=O) groups is 2. The predicted octanol–water partition coefficient (Wildman–Crippen LogP) is 5.82. The van der Waals surface area contributed by atoms with Crippen molar-refractivity contribution in [2.45, 2.75) is 33.8 Å². The third-order valence-corrected chi connectivity index (χ3v) is 10.0. The van der Waals surface area contributed by atoms with E-state index in [1.54, 1.807) is 24.3 Å². The van der Waals surface area contributed by atoms with Crippen LogP contribution in [0.25, 0.3) is 0 Å². The molecule has 1 saturated carbocycles. The van der Waals surface area contributed by atoms with Crippen LogP contribution in [-0.4, -0.2) is 32.5 Å². The predicted molar refractivity (Wildman–Crippen MR) is 117 cm³/mol. The second-order valence-corrected chi connectivity index (χ2v) is 10.6. The smallest absolute Gasteiger partial charge is 0.240 e. The largest absolute Gasteiger partial charge is 0.494 e. The van der Waals surface area contributed by atoms with Gasteiger partial charge < -0.3 is 4.74 Å². The van der Waals surface area contributed by atoms with Crippen molar-refractivity contribution in [2.75, 3.05) is 11.5 Å². The van der Waals surface area contributed by atoms with E-state index >= 15 is 0 Å². The molecule has 0 unspecified atom stereocenters. The molecule has 29 heavy (non-hydrogen) atoms. The summed E-state index contributed by atoms with van der Waals surface area (Å²) in [5, 5.41) is -0.213. The molecule has 1 aliphatic heterocycles. The molecule has 1 aromatic rings. The van der Waals surface area contributed by atoms with Gasteiger partial charge in [0.2, 0.25) is 11.8 Å². The van der Waals surface area contributed by atoms with E-state index in [2.05, 4.69) is 6.92 Å². The van der Waals surface area contributed by atoms with Crippen LogP contribution in [0.1, 0.15) is 19.8 Å². The molecule has 1 heterocycles. The summed E-state index contributed by atoms with van der Waals surface area (Å²) in [6.45, 7) is 2.65. The molecule has 0 radical (unpaired) electrons. The molecule has 4 atom stereocenters. The quantitative estimate of drug-likeness (QED) is 0.281. The van der Waals surface area contributed by atoms with Crippen LogP contribution in [0.4, 0.5) is 5.69 Å². The summed E-state index contributed by atoms with van der Waals surface area (Å²) in [4.78, 5) is 24.0. The van der Waals surface area contributed by atoms with E-state index < -0.39 is 37.7 Å². The van der Waals surface area contributed by atoms with E-state index in [-0.39, 0.29) is 10.1 Å². The Labute approximate surface area is 197 Å². The number of ether oxygens (including phenoxy) is 1. The average molecular weight is 518 g/mol. The van der Waals surface area contributed by atoms with Gasteiger partial charge in [-0.3, -0.25) is 9.59 Å². The topological polar surface area (TPSA) is 46.6 Å². The number of halogens is 6. The minimum absolute atomic E-state index is 0.107. The number of amides is 2. The summed E-state index contributed by atoms with van der Waals surface area (Å²) < 4.78 is 3.69. The molecule has 0 N–H and O–H groups in total. The summed E-state index contributed by atoms with van der Waals surface area (Å²) in [5.41, 5.74) is 0.360. The highest BCUT2D eigenvalue weighted by Crippen LogP contribution is 2.77. The van der Waals surface area contributed by atoms with Crippen molar-refractivity contribution in [1.29, 1.82) is 0 Å². The zero-order chi connectivity index (χ0) is 21.4. The van der Waals surface area contributed by atoms with Crippen molar-refractivity contribution in [1.82, 2.24) is 0 Å². The molecule has 3 aliphatic rings. The zero-order valence-electron chi connectivity index (χ0n) is 15.0. The summed E-state index contributed by atoms with van der Waals surface area (Å²) >= 11 is 38.9. The zero-order valence-corrected chi connectivity index (χ0v) is 19.6. The Bertz CT molecular complexity index is 886. The lowest BCUT2D eigenvalue weighted by molar-refractivity contribution is -0.123. The van der Waals surface area contributed by atoms with Crippen molar-refractivity contribution in [3.05, 3.63) is 34.3 Å². The molecule has 1 aromatic carbocycles. The first-order valence-corrected chi connectivity index (χ1v) is 11.2. The number of imide groups is 1. The number of anilines is 1. The van der Waals surface area contributed by atoms with Crippen molar-refractivity contribution < 1.29 is 14.3 Å². The van der Waals surface area contributed by atoms with Gasteiger partial charge in [0, 0.05) is 0 Å². The number of benzene rings is 1. The van der Waals surface area contributed by atoms with Gasteiger partial charge in [-0.25, -0.2) is 4.90 Å². The van der Waals surface area contributed by atoms with Gasteiger partial charge in [0.15, 0.2) is 4.33 Å². The number of alkyl halides is 4. The van der Waals surface area contributed by atoms with Gasteiger partial charge in [-0.15, -0.1) is 23.2 Å². The summed E-state index contributed by atoms with van der Waals surface area (Å²) in [6.07, 6.45) is 1.94. The van der Waals surface area contributed by atoms with Crippen LogP contribution < -0.4 is 9.64 Å². The van der Waals surface area contributed by atoms with E-state index in [0.29, 0.717) is 18.0 Å². The number of nitrogens with zero attached hydrogens (tertiary/aromatic N) is 1. The molecule has 4 nitrogen and oxygen atoms in total. The first-order chi connectivity index (χ1) is 13.5. The highest BCUT2D eigenvalue weighted by molar-refractivity contribution is 6.67. The average Bonchev–Trinajstić information content (AvgIpc) is 3.07. The van der Waals surface area contributed by atoms with Crippen LogP contribution in [-0.2, 0) is 9.59 Å². The van der Waals surface area contributed by atoms with Crippen LogP contribution in [0.15, 0.2) is 34.3 Å². The summed E-state index contributed by atoms with van der Waals surface area (Å²) in [7, 11) is 0. The fourth-order valence-electron chi connectivity index (χ4n) is 4.28. The Kier molecular flexibility index (Phi) is 5.34. The lowest BCUT2D eigenvalue weighted by atomic mass is 9.84. The first-order valence-electron chi connectivity index (χ1n) is 8.97. The molecule has 156 valence electrons. The minimum atomic E-state index is -1.93. The Morgan fingerprint density at radius 3 is 1.86 bits per heavy atom. The van der Waals surface area contributed by atoms with Gasteiger partial charge in [0.25, 0.3) is 0 Å². The van der Waals surface area contributed by atoms with Crippen molar-refractivity contribution in [3.63, 3.8) is 0 Å². The minimum Gasteiger partial charge on any atom is -0.494 e. The van der Waals surface area contributed by atoms with E-state index in [1.807, 2.05) is 0 Å². The number of unbranched alkanes of at least 4 members (excludes halogenated alkanes) is 1. The molecule has 2 amide bonds. The number of rotatable bonds is 5. The SMILES string of the molecule is CCCCOc1ccc(N2C(=O)[C@@H]3[C@H](C2=O)[C@]2(Cl)C(Cl)=C(Cl)[C@]3(Cl)C2(Cl)Cl)cc1. The van der Waals surface area contributed by atoms with E-state index in [4.69, 9.17) is 74.3 Å². The molecule has 2 fully saturated rings. The molecule has 2 aliphatic carbocycles. The number of carbonyl (C=O) groups excluding carboxylic acids is 2. The lowest BCUT2D eigenvalue weighted by Gasteiger charge is -2.34. The van der Waals surface area contributed by atoms with Crippen LogP contribution >= 0.6 is 69.6 Å². The molecule has 4 rings (SSSR count). The van der Waals surface area contributed by atoms with Gasteiger partial charge in [-0.1, -0.05) is 59.7 Å². The van der Waals surface area contributed by atoms with Gasteiger partial charge in [0.1, 0.15) is 15.5 Å². The summed E-state index contributed by atoms with van der Waals surface area (Å²) in [5.74, 6) is -2.80. The van der Waals surface area contributed by atoms with Crippen LogP contribution in [0, 0.1) is 11.8 Å². The van der Waals surface area contributed by atoms with E-state index in [1.165, 1.54) is 0 Å². The summed E-state index contributed by atoms with van der Waals surface area (Å²) in [6, 6.07) is 6.61. The highest BCUT2D eigenvalue weighted by Gasteiger charge is 2.87.